The van der Waals surface area contributed by atoms with E-state index in [0.29, 0.717) is 17.5 Å². The van der Waals surface area contributed by atoms with Crippen LogP contribution in [0.5, 0.6) is 0 Å². The number of likely N-dealkylation sites (tertiary alicyclic amines) is 1. The van der Waals surface area contributed by atoms with E-state index in [0.717, 1.165) is 37.3 Å². The SMILES string of the molecule is O=C(c1cc(C2CC2)[nH]n1)N1CCCC(c2ccccn2)C1. The Hall–Kier alpha value is -2.17. The van der Waals surface area contributed by atoms with Gasteiger partial charge in [-0.05, 0) is 43.9 Å². The van der Waals surface area contributed by atoms with Crippen molar-refractivity contribution in [2.75, 3.05) is 13.1 Å². The first-order chi connectivity index (χ1) is 10.8. The van der Waals surface area contributed by atoms with Gasteiger partial charge < -0.3 is 4.90 Å². The van der Waals surface area contributed by atoms with E-state index in [2.05, 4.69) is 21.2 Å². The van der Waals surface area contributed by atoms with E-state index in [9.17, 15) is 4.79 Å². The zero-order valence-electron chi connectivity index (χ0n) is 12.5. The molecule has 2 fully saturated rings. The lowest BCUT2D eigenvalue weighted by molar-refractivity contribution is 0.0700. The van der Waals surface area contributed by atoms with E-state index in [1.54, 1.807) is 0 Å². The molecule has 22 heavy (non-hydrogen) atoms. The lowest BCUT2D eigenvalue weighted by atomic mass is 9.94. The number of pyridine rings is 1. The molecular formula is C17H20N4O. The van der Waals surface area contributed by atoms with Crippen molar-refractivity contribution < 1.29 is 4.79 Å². The second-order valence-corrected chi connectivity index (χ2v) is 6.33. The molecule has 0 radical (unpaired) electrons. The molecule has 0 bridgehead atoms. The molecule has 1 N–H and O–H groups in total. The van der Waals surface area contributed by atoms with E-state index in [1.165, 1.54) is 12.8 Å². The molecule has 2 aromatic rings. The molecule has 5 nitrogen and oxygen atoms in total. The van der Waals surface area contributed by atoms with Gasteiger partial charge in [0.05, 0.1) is 0 Å². The number of carbonyl (C=O) groups is 1. The first-order valence-corrected chi connectivity index (χ1v) is 8.07. The fourth-order valence-electron chi connectivity index (χ4n) is 3.23. The lowest BCUT2D eigenvalue weighted by Gasteiger charge is -2.32. The molecule has 1 aliphatic heterocycles. The maximum atomic E-state index is 12.7. The van der Waals surface area contributed by atoms with Gasteiger partial charge in [-0.3, -0.25) is 14.9 Å². The molecule has 0 aromatic carbocycles. The van der Waals surface area contributed by atoms with Crippen molar-refractivity contribution in [3.05, 3.63) is 47.5 Å². The van der Waals surface area contributed by atoms with E-state index >= 15 is 0 Å². The molecule has 4 rings (SSSR count). The van der Waals surface area contributed by atoms with E-state index in [-0.39, 0.29) is 5.91 Å². The average Bonchev–Trinajstić information content (AvgIpc) is 3.32. The van der Waals surface area contributed by atoms with Gasteiger partial charge in [0.15, 0.2) is 0 Å². The van der Waals surface area contributed by atoms with Crippen LogP contribution in [0.4, 0.5) is 0 Å². The summed E-state index contributed by atoms with van der Waals surface area (Å²) in [7, 11) is 0. The fourth-order valence-corrected chi connectivity index (χ4v) is 3.23. The van der Waals surface area contributed by atoms with Crippen LogP contribution >= 0.6 is 0 Å². The second kappa shape index (κ2) is 5.55. The monoisotopic (exact) mass is 296 g/mol. The third-order valence-corrected chi connectivity index (χ3v) is 4.65. The number of piperidine rings is 1. The van der Waals surface area contributed by atoms with E-state index in [4.69, 9.17) is 0 Å². The summed E-state index contributed by atoms with van der Waals surface area (Å²) in [5.74, 6) is 0.973. The van der Waals surface area contributed by atoms with Gasteiger partial charge in [-0.1, -0.05) is 6.07 Å². The molecule has 5 heteroatoms. The summed E-state index contributed by atoms with van der Waals surface area (Å²) in [5, 5.41) is 7.24. The average molecular weight is 296 g/mol. The minimum atomic E-state index is 0.0452. The smallest absolute Gasteiger partial charge is 0.274 e. The van der Waals surface area contributed by atoms with Crippen LogP contribution in [0.1, 0.15) is 59.4 Å². The molecule has 1 aliphatic carbocycles. The van der Waals surface area contributed by atoms with Crippen LogP contribution in [0.2, 0.25) is 0 Å². The Morgan fingerprint density at radius 1 is 1.23 bits per heavy atom. The van der Waals surface area contributed by atoms with Crippen LogP contribution in [-0.2, 0) is 0 Å². The fraction of sp³-hybridized carbons (Fsp3) is 0.471. The topological polar surface area (TPSA) is 61.9 Å². The normalized spacial score (nSPS) is 21.8. The molecule has 1 atom stereocenters. The van der Waals surface area contributed by atoms with Crippen molar-refractivity contribution in [1.82, 2.24) is 20.1 Å². The van der Waals surface area contributed by atoms with E-state index in [1.807, 2.05) is 29.3 Å². The Balaban J connectivity index is 1.48. The number of hydrogen-bond donors (Lipinski definition) is 1. The number of carbonyl (C=O) groups excluding carboxylic acids is 1. The molecule has 2 aliphatic rings. The number of aromatic nitrogens is 3. The molecule has 2 aromatic heterocycles. The third-order valence-electron chi connectivity index (χ3n) is 4.65. The van der Waals surface area contributed by atoms with Crippen molar-refractivity contribution in [2.24, 2.45) is 0 Å². The molecule has 114 valence electrons. The number of nitrogens with one attached hydrogen (secondary N) is 1. The van der Waals surface area contributed by atoms with Gasteiger partial charge in [-0.2, -0.15) is 5.10 Å². The highest BCUT2D eigenvalue weighted by Gasteiger charge is 2.30. The Morgan fingerprint density at radius 2 is 2.14 bits per heavy atom. The van der Waals surface area contributed by atoms with Crippen molar-refractivity contribution in [3.63, 3.8) is 0 Å². The quantitative estimate of drug-likeness (QED) is 0.947. The van der Waals surface area contributed by atoms with Crippen LogP contribution in [0.25, 0.3) is 0 Å². The first-order valence-electron chi connectivity index (χ1n) is 8.07. The van der Waals surface area contributed by atoms with Crippen LogP contribution in [0.15, 0.2) is 30.5 Å². The first kappa shape index (κ1) is 13.5. The molecule has 3 heterocycles. The molecule has 1 saturated carbocycles. The van der Waals surface area contributed by atoms with E-state index < -0.39 is 0 Å². The van der Waals surface area contributed by atoms with Crippen LogP contribution in [0.3, 0.4) is 0 Å². The summed E-state index contributed by atoms with van der Waals surface area (Å²) < 4.78 is 0. The molecular weight excluding hydrogens is 276 g/mol. The summed E-state index contributed by atoms with van der Waals surface area (Å²) in [4.78, 5) is 19.0. The molecule has 1 saturated heterocycles. The maximum absolute atomic E-state index is 12.7. The Bertz CT molecular complexity index is 662. The van der Waals surface area contributed by atoms with Crippen LogP contribution < -0.4 is 0 Å². The molecule has 1 amide bonds. The van der Waals surface area contributed by atoms with Gasteiger partial charge in [-0.15, -0.1) is 0 Å². The minimum Gasteiger partial charge on any atom is -0.337 e. The van der Waals surface area contributed by atoms with Crippen molar-refractivity contribution in [2.45, 2.75) is 37.5 Å². The van der Waals surface area contributed by atoms with Crippen LogP contribution in [-0.4, -0.2) is 39.1 Å². The molecule has 0 spiro atoms. The number of amides is 1. The van der Waals surface area contributed by atoms with Gasteiger partial charge >= 0.3 is 0 Å². The number of aromatic amines is 1. The van der Waals surface area contributed by atoms with Gasteiger partial charge in [0, 0.05) is 42.5 Å². The summed E-state index contributed by atoms with van der Waals surface area (Å²) in [5.41, 5.74) is 2.76. The Morgan fingerprint density at radius 3 is 2.91 bits per heavy atom. The summed E-state index contributed by atoms with van der Waals surface area (Å²) in [6.07, 6.45) is 6.36. The predicted octanol–water partition coefficient (Wildman–Crippen LogP) is 2.70. The standard InChI is InChI=1S/C17H20N4O/c22-17(16-10-15(19-20-16)12-6-7-12)21-9-3-4-13(11-21)14-5-1-2-8-18-14/h1-2,5,8,10,12-13H,3-4,6-7,9,11H2,(H,19,20). The number of H-pyrrole nitrogens is 1. The number of hydrogen-bond acceptors (Lipinski definition) is 3. The summed E-state index contributed by atoms with van der Waals surface area (Å²) in [6.45, 7) is 1.55. The van der Waals surface area contributed by atoms with Crippen LogP contribution in [0, 0.1) is 0 Å². The zero-order valence-corrected chi connectivity index (χ0v) is 12.5. The summed E-state index contributed by atoms with van der Waals surface area (Å²) in [6, 6.07) is 7.93. The lowest BCUT2D eigenvalue weighted by Crippen LogP contribution is -2.39. The van der Waals surface area contributed by atoms with Gasteiger partial charge in [0.2, 0.25) is 0 Å². The maximum Gasteiger partial charge on any atom is 0.274 e. The minimum absolute atomic E-state index is 0.0452. The largest absolute Gasteiger partial charge is 0.337 e. The Labute approximate surface area is 129 Å². The number of nitrogens with zero attached hydrogens (tertiary/aromatic N) is 3. The van der Waals surface area contributed by atoms with Crippen molar-refractivity contribution >= 4 is 5.91 Å². The van der Waals surface area contributed by atoms with Gasteiger partial charge in [0.1, 0.15) is 5.69 Å². The van der Waals surface area contributed by atoms with Gasteiger partial charge in [-0.25, -0.2) is 0 Å². The predicted molar refractivity (Wildman–Crippen MR) is 82.7 cm³/mol. The third kappa shape index (κ3) is 2.63. The van der Waals surface area contributed by atoms with Gasteiger partial charge in [0.25, 0.3) is 5.91 Å². The zero-order chi connectivity index (χ0) is 14.9. The highest BCUT2D eigenvalue weighted by molar-refractivity contribution is 5.92. The number of rotatable bonds is 3. The Kier molecular flexibility index (Phi) is 3.41. The van der Waals surface area contributed by atoms with Crippen molar-refractivity contribution in [3.8, 4) is 0 Å². The summed E-state index contributed by atoms with van der Waals surface area (Å²) >= 11 is 0. The molecule has 1 unspecified atom stereocenters. The van der Waals surface area contributed by atoms with Crippen molar-refractivity contribution in [1.29, 1.82) is 0 Å². The highest BCUT2D eigenvalue weighted by Crippen LogP contribution is 2.39. The second-order valence-electron chi connectivity index (χ2n) is 6.33. The highest BCUT2D eigenvalue weighted by atomic mass is 16.2.